The molecule has 2 unspecified atom stereocenters. The van der Waals surface area contributed by atoms with Gasteiger partial charge in [-0.25, -0.2) is 0 Å². The lowest BCUT2D eigenvalue weighted by molar-refractivity contribution is 0.284. The predicted molar refractivity (Wildman–Crippen MR) is 73.9 cm³/mol. The highest BCUT2D eigenvalue weighted by Crippen LogP contribution is 2.37. The molecule has 2 N–H and O–H groups in total. The van der Waals surface area contributed by atoms with Crippen LogP contribution in [-0.2, 0) is 6.42 Å². The molecule has 2 rings (SSSR count). The summed E-state index contributed by atoms with van der Waals surface area (Å²) in [5.74, 6) is 1.55. The van der Waals surface area contributed by atoms with E-state index in [4.69, 9.17) is 5.73 Å². The van der Waals surface area contributed by atoms with E-state index < -0.39 is 0 Å². The van der Waals surface area contributed by atoms with Crippen LogP contribution in [0.25, 0.3) is 0 Å². The van der Waals surface area contributed by atoms with Crippen LogP contribution in [0.15, 0.2) is 24.3 Å². The van der Waals surface area contributed by atoms with Crippen molar-refractivity contribution in [3.05, 3.63) is 35.4 Å². The molecule has 0 saturated carbocycles. The van der Waals surface area contributed by atoms with Crippen LogP contribution in [0.4, 0.5) is 0 Å². The first-order chi connectivity index (χ1) is 8.26. The van der Waals surface area contributed by atoms with Crippen LogP contribution < -0.4 is 5.73 Å². The van der Waals surface area contributed by atoms with Crippen LogP contribution in [0.1, 0.15) is 56.7 Å². The highest BCUT2D eigenvalue weighted by atomic mass is 14.7. The molecule has 17 heavy (non-hydrogen) atoms. The minimum atomic E-state index is 0.264. The molecule has 2 atom stereocenters. The molecular formula is C16H25N. The van der Waals surface area contributed by atoms with Gasteiger partial charge in [-0.2, -0.15) is 0 Å². The Morgan fingerprint density at radius 3 is 2.65 bits per heavy atom. The van der Waals surface area contributed by atoms with Crippen molar-refractivity contribution in [3.63, 3.8) is 0 Å². The molecule has 0 aromatic heterocycles. The van der Waals surface area contributed by atoms with Gasteiger partial charge in [-0.05, 0) is 42.2 Å². The third-order valence-electron chi connectivity index (χ3n) is 4.50. The summed E-state index contributed by atoms with van der Waals surface area (Å²) in [7, 11) is 0. The maximum absolute atomic E-state index is 6.45. The highest BCUT2D eigenvalue weighted by molar-refractivity contribution is 5.32. The number of benzene rings is 1. The summed E-state index contributed by atoms with van der Waals surface area (Å²) >= 11 is 0. The van der Waals surface area contributed by atoms with Crippen molar-refractivity contribution in [1.29, 1.82) is 0 Å². The molecule has 0 spiro atoms. The zero-order chi connectivity index (χ0) is 12.3. The lowest BCUT2D eigenvalue weighted by Crippen LogP contribution is -2.28. The van der Waals surface area contributed by atoms with Gasteiger partial charge in [0.25, 0.3) is 0 Å². The van der Waals surface area contributed by atoms with Crippen LogP contribution in [0, 0.1) is 11.8 Å². The molecule has 1 aromatic carbocycles. The van der Waals surface area contributed by atoms with Crippen LogP contribution >= 0.6 is 0 Å². The predicted octanol–water partition coefficient (Wildman–Crippen LogP) is 4.08. The number of hydrogen-bond acceptors (Lipinski definition) is 1. The molecule has 0 amide bonds. The Labute approximate surface area is 105 Å². The summed E-state index contributed by atoms with van der Waals surface area (Å²) in [6.45, 7) is 4.60. The van der Waals surface area contributed by atoms with Crippen molar-refractivity contribution in [2.24, 2.45) is 17.6 Å². The minimum absolute atomic E-state index is 0.264. The van der Waals surface area contributed by atoms with Crippen molar-refractivity contribution in [3.8, 4) is 0 Å². The average Bonchev–Trinajstić information content (AvgIpc) is 2.38. The van der Waals surface area contributed by atoms with Gasteiger partial charge in [0.05, 0.1) is 0 Å². The lowest BCUT2D eigenvalue weighted by Gasteiger charge is -2.33. The Balaban J connectivity index is 2.09. The summed E-state index contributed by atoms with van der Waals surface area (Å²) in [6.07, 6.45) is 6.38. The van der Waals surface area contributed by atoms with Crippen LogP contribution in [0.2, 0.25) is 0 Å². The third-order valence-corrected chi connectivity index (χ3v) is 4.50. The zero-order valence-corrected chi connectivity index (χ0v) is 11.2. The molecule has 0 bridgehead atoms. The van der Waals surface area contributed by atoms with E-state index >= 15 is 0 Å². The van der Waals surface area contributed by atoms with E-state index in [2.05, 4.69) is 38.1 Å². The van der Waals surface area contributed by atoms with E-state index in [1.807, 2.05) is 0 Å². The summed E-state index contributed by atoms with van der Waals surface area (Å²) in [6, 6.07) is 8.98. The number of aryl methyl sites for hydroxylation is 1. The first-order valence-electron chi connectivity index (χ1n) is 7.09. The van der Waals surface area contributed by atoms with E-state index in [0.29, 0.717) is 5.92 Å². The van der Waals surface area contributed by atoms with Crippen LogP contribution in [0.3, 0.4) is 0 Å². The van der Waals surface area contributed by atoms with Crippen molar-refractivity contribution in [1.82, 2.24) is 0 Å². The molecule has 1 aromatic rings. The molecule has 0 heterocycles. The van der Waals surface area contributed by atoms with Crippen LogP contribution in [-0.4, -0.2) is 0 Å². The first kappa shape index (κ1) is 12.6. The SMILES string of the molecule is CCC(CC)CC1CCc2ccccc2C1N. The fourth-order valence-electron chi connectivity index (χ4n) is 3.18. The quantitative estimate of drug-likeness (QED) is 0.830. The molecule has 94 valence electrons. The second-order valence-corrected chi connectivity index (χ2v) is 5.44. The number of fused-ring (bicyclic) bond motifs is 1. The van der Waals surface area contributed by atoms with Gasteiger partial charge in [-0.15, -0.1) is 0 Å². The van der Waals surface area contributed by atoms with E-state index in [9.17, 15) is 0 Å². The Morgan fingerprint density at radius 2 is 1.94 bits per heavy atom. The minimum Gasteiger partial charge on any atom is -0.324 e. The van der Waals surface area contributed by atoms with Gasteiger partial charge in [0.15, 0.2) is 0 Å². The summed E-state index contributed by atoms with van der Waals surface area (Å²) in [5.41, 5.74) is 9.32. The molecule has 0 fully saturated rings. The Morgan fingerprint density at radius 1 is 1.24 bits per heavy atom. The van der Waals surface area contributed by atoms with Gasteiger partial charge in [0, 0.05) is 6.04 Å². The van der Waals surface area contributed by atoms with Gasteiger partial charge in [-0.3, -0.25) is 0 Å². The maximum atomic E-state index is 6.45. The van der Waals surface area contributed by atoms with E-state index in [0.717, 1.165) is 5.92 Å². The van der Waals surface area contributed by atoms with Crippen molar-refractivity contribution in [2.75, 3.05) is 0 Å². The number of nitrogens with two attached hydrogens (primary N) is 1. The Hall–Kier alpha value is -0.820. The molecular weight excluding hydrogens is 206 g/mol. The fraction of sp³-hybridized carbons (Fsp3) is 0.625. The highest BCUT2D eigenvalue weighted by Gasteiger charge is 2.27. The monoisotopic (exact) mass is 231 g/mol. The summed E-state index contributed by atoms with van der Waals surface area (Å²) in [4.78, 5) is 0. The van der Waals surface area contributed by atoms with Gasteiger partial charge in [0.1, 0.15) is 0 Å². The molecule has 1 heteroatoms. The molecule has 1 aliphatic carbocycles. The van der Waals surface area contributed by atoms with Crippen molar-refractivity contribution < 1.29 is 0 Å². The molecule has 1 aliphatic rings. The van der Waals surface area contributed by atoms with E-state index in [1.54, 1.807) is 0 Å². The van der Waals surface area contributed by atoms with Gasteiger partial charge in [-0.1, -0.05) is 51.0 Å². The number of rotatable bonds is 4. The molecule has 0 aliphatic heterocycles. The molecule has 1 nitrogen and oxygen atoms in total. The molecule has 0 radical (unpaired) electrons. The maximum Gasteiger partial charge on any atom is 0.0326 e. The zero-order valence-electron chi connectivity index (χ0n) is 11.2. The molecule has 0 saturated heterocycles. The second kappa shape index (κ2) is 5.68. The van der Waals surface area contributed by atoms with Gasteiger partial charge < -0.3 is 5.73 Å². The van der Waals surface area contributed by atoms with Crippen molar-refractivity contribution in [2.45, 2.75) is 52.0 Å². The summed E-state index contributed by atoms with van der Waals surface area (Å²) in [5, 5.41) is 0. The Kier molecular flexibility index (Phi) is 4.22. The second-order valence-electron chi connectivity index (χ2n) is 5.44. The average molecular weight is 231 g/mol. The normalized spacial score (nSPS) is 23.8. The summed E-state index contributed by atoms with van der Waals surface area (Å²) < 4.78 is 0. The smallest absolute Gasteiger partial charge is 0.0326 e. The van der Waals surface area contributed by atoms with E-state index in [1.165, 1.54) is 43.2 Å². The third kappa shape index (κ3) is 2.71. The van der Waals surface area contributed by atoms with Crippen LogP contribution in [0.5, 0.6) is 0 Å². The number of hydrogen-bond donors (Lipinski definition) is 1. The standard InChI is InChI=1S/C16H25N/c1-3-12(4-2)11-14-10-9-13-7-5-6-8-15(13)16(14)17/h5-8,12,14,16H,3-4,9-11,17H2,1-2H3. The Bertz CT molecular complexity index is 354. The van der Waals surface area contributed by atoms with Gasteiger partial charge in [0.2, 0.25) is 0 Å². The topological polar surface area (TPSA) is 26.0 Å². The largest absolute Gasteiger partial charge is 0.324 e. The van der Waals surface area contributed by atoms with Gasteiger partial charge >= 0.3 is 0 Å². The van der Waals surface area contributed by atoms with Crippen molar-refractivity contribution >= 4 is 0 Å². The fourth-order valence-corrected chi connectivity index (χ4v) is 3.18. The lowest BCUT2D eigenvalue weighted by atomic mass is 9.75. The van der Waals surface area contributed by atoms with E-state index in [-0.39, 0.29) is 6.04 Å². The first-order valence-corrected chi connectivity index (χ1v) is 7.09.